The van der Waals surface area contributed by atoms with Gasteiger partial charge in [0.05, 0.1) is 0 Å². The molecule has 0 saturated heterocycles. The first-order valence-corrected chi connectivity index (χ1v) is 4.59. The Morgan fingerprint density at radius 2 is 0.923 bits per heavy atom. The topological polar surface area (TPSA) is 124 Å². The second kappa shape index (κ2) is 11.1. The third-order valence-corrected chi connectivity index (χ3v) is 1.91. The summed E-state index contributed by atoms with van der Waals surface area (Å²) in [6.45, 7) is 0. The second-order valence-corrected chi connectivity index (χ2v) is 3.68. The zero-order chi connectivity index (χ0) is 7.71. The van der Waals surface area contributed by atoms with Crippen LogP contribution in [0.15, 0.2) is 0 Å². The molecule has 0 saturated carbocycles. The van der Waals surface area contributed by atoms with Gasteiger partial charge in [-0.1, -0.05) is 0 Å². The normalized spacial score (nSPS) is 9.54. The van der Waals surface area contributed by atoms with Crippen molar-refractivity contribution in [2.24, 2.45) is 0 Å². The van der Waals surface area contributed by atoms with E-state index in [1.165, 1.54) is 0 Å². The quantitative estimate of drug-likeness (QED) is 0.312. The molecule has 0 atom stereocenters. The summed E-state index contributed by atoms with van der Waals surface area (Å²) in [5.74, 6) is 0. The predicted molar refractivity (Wildman–Crippen MR) is 46.6 cm³/mol. The van der Waals surface area contributed by atoms with E-state index in [2.05, 4.69) is 4.31 Å². The first kappa shape index (κ1) is 29.6. The van der Waals surface area contributed by atoms with Crippen LogP contribution in [0.5, 0.6) is 0 Å². The predicted octanol–water partition coefficient (Wildman–Crippen LogP) is -2.76. The van der Waals surface area contributed by atoms with Gasteiger partial charge >= 0.3 is 72.2 Å². The van der Waals surface area contributed by atoms with Gasteiger partial charge in [0.2, 0.25) is 0 Å². The molecular formula is H7FeLi3O7P2. The molecule has 0 aromatic heterocycles. The van der Waals surface area contributed by atoms with Crippen molar-refractivity contribution in [2.75, 3.05) is 0 Å². The Bertz CT molecular complexity index is 162. The van der Waals surface area contributed by atoms with Gasteiger partial charge in [0.1, 0.15) is 0 Å². The van der Waals surface area contributed by atoms with E-state index in [0.717, 1.165) is 0 Å². The van der Waals surface area contributed by atoms with Crippen LogP contribution in [0.3, 0.4) is 0 Å². The summed E-state index contributed by atoms with van der Waals surface area (Å²) >= 11 is 0. The van der Waals surface area contributed by atoms with Gasteiger partial charge in [-0.3, -0.25) is 0 Å². The third kappa shape index (κ3) is 31.3. The molecule has 0 unspecified atom stereocenters. The minimum atomic E-state index is -5.05. The van der Waals surface area contributed by atoms with Crippen molar-refractivity contribution in [1.82, 2.24) is 0 Å². The average molecular weight is 258 g/mol. The van der Waals surface area contributed by atoms with Gasteiger partial charge in [-0.2, -0.15) is 4.31 Å². The summed E-state index contributed by atoms with van der Waals surface area (Å²) in [4.78, 5) is 31.0. The summed E-state index contributed by atoms with van der Waals surface area (Å²) in [5, 5.41) is 0. The van der Waals surface area contributed by atoms with Gasteiger partial charge < -0.3 is 19.6 Å². The van der Waals surface area contributed by atoms with E-state index in [-0.39, 0.29) is 73.7 Å². The van der Waals surface area contributed by atoms with Crippen molar-refractivity contribution in [2.45, 2.75) is 0 Å². The molecule has 70 valence electrons. The molecule has 0 aliphatic heterocycles. The molecule has 0 heterocycles. The SMILES string of the molecule is O=P(O)(O)OP(=O)(O)O.[Fe].[LiH].[LiH].[LiH]. The minimum absolute atomic E-state index is 0. The van der Waals surface area contributed by atoms with E-state index in [1.807, 2.05) is 0 Å². The molecule has 13 heteroatoms. The van der Waals surface area contributed by atoms with Crippen LogP contribution in [0.1, 0.15) is 0 Å². The molecule has 0 fully saturated rings. The fourth-order valence-corrected chi connectivity index (χ4v) is 1.25. The molecule has 0 rings (SSSR count). The second-order valence-electron chi connectivity index (χ2n) is 1.06. The van der Waals surface area contributed by atoms with Crippen LogP contribution in [0.4, 0.5) is 0 Å². The van der Waals surface area contributed by atoms with Gasteiger partial charge in [0.25, 0.3) is 0 Å². The molecule has 0 aromatic carbocycles. The van der Waals surface area contributed by atoms with E-state index in [4.69, 9.17) is 19.6 Å². The molecule has 0 amide bonds. The van der Waals surface area contributed by atoms with Crippen LogP contribution in [-0.4, -0.2) is 76.2 Å². The van der Waals surface area contributed by atoms with Crippen molar-refractivity contribution in [3.63, 3.8) is 0 Å². The number of phosphoric acid groups is 2. The van der Waals surface area contributed by atoms with Gasteiger partial charge in [-0.05, 0) is 0 Å². The van der Waals surface area contributed by atoms with Crippen LogP contribution < -0.4 is 0 Å². The Balaban J connectivity index is -0.0000000533. The summed E-state index contributed by atoms with van der Waals surface area (Å²) in [7, 11) is -10.1. The van der Waals surface area contributed by atoms with Crippen LogP contribution in [-0.2, 0) is 30.5 Å². The zero-order valence-corrected chi connectivity index (χ0v) is 7.15. The first-order valence-electron chi connectivity index (χ1n) is 1.53. The standard InChI is InChI=1S/Fe.3Li.H4O7P2.3H/c;;;;1-8(2,3)7-9(4,5)6;;;/h;;;;(H2,1,2,3)(H2,4,5,6);;;. The van der Waals surface area contributed by atoms with Gasteiger partial charge in [-0.15, -0.1) is 0 Å². The van der Waals surface area contributed by atoms with Crippen molar-refractivity contribution in [3.05, 3.63) is 0 Å². The molecule has 7 nitrogen and oxygen atoms in total. The van der Waals surface area contributed by atoms with E-state index < -0.39 is 15.6 Å². The Kier molecular flexibility index (Phi) is 25.2. The first-order chi connectivity index (χ1) is 3.71. The van der Waals surface area contributed by atoms with Crippen LogP contribution in [0.25, 0.3) is 0 Å². The van der Waals surface area contributed by atoms with Gasteiger partial charge in [0.15, 0.2) is 0 Å². The van der Waals surface area contributed by atoms with Gasteiger partial charge in [0, 0.05) is 17.1 Å². The maximum absolute atomic E-state index is 9.63. The van der Waals surface area contributed by atoms with E-state index >= 15 is 0 Å². The monoisotopic (exact) mass is 258 g/mol. The Morgan fingerprint density at radius 1 is 0.769 bits per heavy atom. The molecule has 4 N–H and O–H groups in total. The Morgan fingerprint density at radius 3 is 0.923 bits per heavy atom. The van der Waals surface area contributed by atoms with Crippen molar-refractivity contribution in [1.29, 1.82) is 0 Å². The molecule has 0 spiro atoms. The summed E-state index contributed by atoms with van der Waals surface area (Å²) in [6.07, 6.45) is 0. The Hall–Kier alpha value is 2.57. The Labute approximate surface area is 121 Å². The van der Waals surface area contributed by atoms with Crippen LogP contribution in [0.2, 0.25) is 0 Å². The van der Waals surface area contributed by atoms with E-state index in [9.17, 15) is 9.13 Å². The number of hydrogen-bond acceptors (Lipinski definition) is 3. The number of rotatable bonds is 2. The summed E-state index contributed by atoms with van der Waals surface area (Å²) in [6, 6.07) is 0. The average Bonchev–Trinajstić information content (AvgIpc) is 1.14. The molecule has 0 radical (unpaired) electrons. The summed E-state index contributed by atoms with van der Waals surface area (Å²) in [5.41, 5.74) is 0. The fraction of sp³-hybridized carbons (Fsp3) is 0. The third-order valence-electron chi connectivity index (χ3n) is 0.213. The number of hydrogen-bond donors (Lipinski definition) is 4. The zero-order valence-electron chi connectivity index (χ0n) is 4.26. The fourth-order valence-electron chi connectivity index (χ4n) is 0.139. The van der Waals surface area contributed by atoms with E-state index in [0.29, 0.717) is 0 Å². The van der Waals surface area contributed by atoms with Crippen LogP contribution >= 0.6 is 15.6 Å². The molecule has 0 aromatic rings. The molecule has 0 bridgehead atoms. The molecule has 0 aliphatic rings. The summed E-state index contributed by atoms with van der Waals surface area (Å²) < 4.78 is 22.2. The van der Waals surface area contributed by atoms with Crippen molar-refractivity contribution < 1.29 is 50.1 Å². The molecular weight excluding hydrogens is 251 g/mol. The van der Waals surface area contributed by atoms with Crippen molar-refractivity contribution >= 4 is 72.2 Å². The van der Waals surface area contributed by atoms with Crippen molar-refractivity contribution in [3.8, 4) is 0 Å². The molecule has 0 aliphatic carbocycles. The van der Waals surface area contributed by atoms with E-state index in [1.54, 1.807) is 0 Å². The maximum atomic E-state index is 9.63. The molecule has 13 heavy (non-hydrogen) atoms. The van der Waals surface area contributed by atoms with Gasteiger partial charge in [-0.25, -0.2) is 9.13 Å². The van der Waals surface area contributed by atoms with Crippen LogP contribution in [0, 0.1) is 0 Å².